The van der Waals surface area contributed by atoms with Crippen molar-refractivity contribution in [2.75, 3.05) is 12.4 Å². The van der Waals surface area contributed by atoms with Gasteiger partial charge in [0.1, 0.15) is 11.6 Å². The van der Waals surface area contributed by atoms with Crippen LogP contribution in [0.5, 0.6) is 0 Å². The average Bonchev–Trinajstić information content (AvgIpc) is 2.89. The molecule has 0 saturated carbocycles. The van der Waals surface area contributed by atoms with Gasteiger partial charge < -0.3 is 9.73 Å². The summed E-state index contributed by atoms with van der Waals surface area (Å²) in [5.74, 6) is 0.110. The van der Waals surface area contributed by atoms with Crippen molar-refractivity contribution < 1.29 is 17.2 Å². The summed E-state index contributed by atoms with van der Waals surface area (Å²) in [7, 11) is -2.27. The van der Waals surface area contributed by atoms with E-state index in [-0.39, 0.29) is 17.5 Å². The van der Waals surface area contributed by atoms with Crippen LogP contribution >= 0.6 is 0 Å². The first-order valence-corrected chi connectivity index (χ1v) is 7.43. The van der Waals surface area contributed by atoms with Crippen LogP contribution in [0, 0.1) is 12.7 Å². The number of aryl methyl sites for hydroxylation is 1. The Labute approximate surface area is 116 Å². The molecule has 2 rings (SSSR count). The Bertz CT molecular complexity index is 710. The lowest BCUT2D eigenvalue weighted by molar-refractivity contribution is 0.417. The third-order valence-electron chi connectivity index (χ3n) is 2.82. The van der Waals surface area contributed by atoms with E-state index < -0.39 is 10.0 Å². The summed E-state index contributed by atoms with van der Waals surface area (Å²) in [6, 6.07) is 7.36. The summed E-state index contributed by atoms with van der Waals surface area (Å²) >= 11 is 0. The van der Waals surface area contributed by atoms with Crippen LogP contribution in [0.25, 0.3) is 0 Å². The third kappa shape index (κ3) is 3.17. The first kappa shape index (κ1) is 14.5. The fraction of sp³-hybridized carbons (Fsp3) is 0.231. The van der Waals surface area contributed by atoms with E-state index in [9.17, 15) is 12.8 Å². The minimum Gasteiger partial charge on any atom is -0.446 e. The second kappa shape index (κ2) is 5.64. The molecule has 1 heterocycles. The highest BCUT2D eigenvalue weighted by atomic mass is 32.2. The molecule has 2 aromatic rings. The van der Waals surface area contributed by atoms with E-state index in [2.05, 4.69) is 10.0 Å². The molecule has 0 fully saturated rings. The van der Waals surface area contributed by atoms with Gasteiger partial charge in [0, 0.05) is 5.69 Å². The maximum absolute atomic E-state index is 13.1. The molecule has 20 heavy (non-hydrogen) atoms. The van der Waals surface area contributed by atoms with Crippen molar-refractivity contribution in [3.8, 4) is 0 Å². The third-order valence-corrected chi connectivity index (χ3v) is 4.11. The normalized spacial score (nSPS) is 11.6. The van der Waals surface area contributed by atoms with Crippen LogP contribution in [0.2, 0.25) is 0 Å². The van der Waals surface area contributed by atoms with Crippen molar-refractivity contribution in [2.45, 2.75) is 18.6 Å². The monoisotopic (exact) mass is 298 g/mol. The Morgan fingerprint density at radius 1 is 1.25 bits per heavy atom. The molecule has 5 nitrogen and oxygen atoms in total. The summed E-state index contributed by atoms with van der Waals surface area (Å²) in [5, 5.41) is 2.86. The van der Waals surface area contributed by atoms with Gasteiger partial charge in [-0.05, 0) is 43.8 Å². The van der Waals surface area contributed by atoms with E-state index in [1.165, 1.54) is 25.2 Å². The number of hydrogen-bond acceptors (Lipinski definition) is 4. The Morgan fingerprint density at radius 2 is 2.00 bits per heavy atom. The summed E-state index contributed by atoms with van der Waals surface area (Å²) in [4.78, 5) is 0. The zero-order chi connectivity index (χ0) is 14.8. The Balaban J connectivity index is 2.10. The highest BCUT2D eigenvalue weighted by molar-refractivity contribution is 7.89. The number of nitrogens with one attached hydrogen (secondary N) is 2. The molecule has 7 heteroatoms. The maximum atomic E-state index is 13.1. The standard InChI is InChI=1S/C13H15FN2O3S/c1-9-3-4-10(14)7-12(9)16-8-11-5-6-13(19-11)20(17,18)15-2/h3-7,15-16H,8H2,1-2H3. The van der Waals surface area contributed by atoms with Gasteiger partial charge in [-0.2, -0.15) is 0 Å². The van der Waals surface area contributed by atoms with Crippen molar-refractivity contribution in [1.82, 2.24) is 4.72 Å². The zero-order valence-electron chi connectivity index (χ0n) is 11.1. The molecule has 2 N–H and O–H groups in total. The van der Waals surface area contributed by atoms with E-state index in [4.69, 9.17) is 4.42 Å². The minimum atomic E-state index is -3.58. The van der Waals surface area contributed by atoms with Gasteiger partial charge in [-0.25, -0.2) is 17.5 Å². The highest BCUT2D eigenvalue weighted by Crippen LogP contribution is 2.19. The van der Waals surface area contributed by atoms with E-state index >= 15 is 0 Å². The highest BCUT2D eigenvalue weighted by Gasteiger charge is 2.16. The van der Waals surface area contributed by atoms with Gasteiger partial charge in [0.05, 0.1) is 6.54 Å². The second-order valence-corrected chi connectivity index (χ2v) is 6.06. The number of anilines is 1. The maximum Gasteiger partial charge on any atom is 0.273 e. The predicted octanol–water partition coefficient (Wildman–Crippen LogP) is 2.25. The molecule has 1 aromatic heterocycles. The SMILES string of the molecule is CNS(=O)(=O)c1ccc(CNc2cc(F)ccc2C)o1. The van der Waals surface area contributed by atoms with E-state index in [0.29, 0.717) is 11.4 Å². The molecule has 1 aromatic carbocycles. The lowest BCUT2D eigenvalue weighted by atomic mass is 10.2. The lowest BCUT2D eigenvalue weighted by Gasteiger charge is -2.08. The Morgan fingerprint density at radius 3 is 2.70 bits per heavy atom. The van der Waals surface area contributed by atoms with E-state index in [0.717, 1.165) is 5.56 Å². The van der Waals surface area contributed by atoms with Gasteiger partial charge in [0.2, 0.25) is 5.09 Å². The van der Waals surface area contributed by atoms with Gasteiger partial charge in [-0.1, -0.05) is 6.07 Å². The van der Waals surface area contributed by atoms with Gasteiger partial charge >= 0.3 is 0 Å². The van der Waals surface area contributed by atoms with Gasteiger partial charge in [0.15, 0.2) is 0 Å². The smallest absolute Gasteiger partial charge is 0.273 e. The topological polar surface area (TPSA) is 71.3 Å². The summed E-state index contributed by atoms with van der Waals surface area (Å²) in [6.07, 6.45) is 0. The Kier molecular flexibility index (Phi) is 4.10. The van der Waals surface area contributed by atoms with Crippen molar-refractivity contribution in [2.24, 2.45) is 0 Å². The zero-order valence-corrected chi connectivity index (χ0v) is 11.9. The molecule has 0 spiro atoms. The van der Waals surface area contributed by atoms with Crippen LogP contribution in [-0.2, 0) is 16.6 Å². The molecule has 0 unspecified atom stereocenters. The van der Waals surface area contributed by atoms with Crippen molar-refractivity contribution in [3.63, 3.8) is 0 Å². The molecule has 0 amide bonds. The number of halogens is 1. The first-order valence-electron chi connectivity index (χ1n) is 5.94. The van der Waals surface area contributed by atoms with Crippen molar-refractivity contribution >= 4 is 15.7 Å². The molecule has 0 atom stereocenters. The fourth-order valence-electron chi connectivity index (χ4n) is 1.67. The lowest BCUT2D eigenvalue weighted by Crippen LogP contribution is -2.17. The molecular formula is C13H15FN2O3S. The molecule has 0 radical (unpaired) electrons. The van der Waals surface area contributed by atoms with Crippen LogP contribution in [-0.4, -0.2) is 15.5 Å². The van der Waals surface area contributed by atoms with Gasteiger partial charge in [-0.15, -0.1) is 0 Å². The van der Waals surface area contributed by atoms with E-state index in [1.54, 1.807) is 12.1 Å². The van der Waals surface area contributed by atoms with Crippen LogP contribution < -0.4 is 10.0 Å². The average molecular weight is 298 g/mol. The molecule has 0 bridgehead atoms. The van der Waals surface area contributed by atoms with Crippen LogP contribution in [0.15, 0.2) is 39.8 Å². The number of hydrogen-bond donors (Lipinski definition) is 2. The summed E-state index contributed by atoms with van der Waals surface area (Å²) in [6.45, 7) is 2.12. The first-order chi connectivity index (χ1) is 9.42. The fourth-order valence-corrected chi connectivity index (χ4v) is 2.33. The molecule has 0 aliphatic rings. The van der Waals surface area contributed by atoms with Gasteiger partial charge in [0.25, 0.3) is 10.0 Å². The van der Waals surface area contributed by atoms with Crippen LogP contribution in [0.1, 0.15) is 11.3 Å². The predicted molar refractivity (Wildman–Crippen MR) is 73.4 cm³/mol. The number of rotatable bonds is 5. The van der Waals surface area contributed by atoms with Crippen LogP contribution in [0.4, 0.5) is 10.1 Å². The molecular weight excluding hydrogens is 283 g/mol. The van der Waals surface area contributed by atoms with E-state index in [1.807, 2.05) is 6.92 Å². The van der Waals surface area contributed by atoms with Gasteiger partial charge in [-0.3, -0.25) is 0 Å². The number of benzene rings is 1. The van der Waals surface area contributed by atoms with Crippen LogP contribution in [0.3, 0.4) is 0 Å². The minimum absolute atomic E-state index is 0.146. The molecule has 0 saturated heterocycles. The summed E-state index contributed by atoms with van der Waals surface area (Å²) in [5.41, 5.74) is 1.53. The van der Waals surface area contributed by atoms with Crippen molar-refractivity contribution in [3.05, 3.63) is 47.5 Å². The quantitative estimate of drug-likeness (QED) is 0.888. The van der Waals surface area contributed by atoms with Crippen molar-refractivity contribution in [1.29, 1.82) is 0 Å². The number of sulfonamides is 1. The summed E-state index contributed by atoms with van der Waals surface area (Å²) < 4.78 is 43.5. The second-order valence-electron chi connectivity index (χ2n) is 4.24. The molecule has 0 aliphatic carbocycles. The molecule has 108 valence electrons. The largest absolute Gasteiger partial charge is 0.446 e. The Hall–Kier alpha value is -1.86. The molecule has 0 aliphatic heterocycles. The number of furan rings is 1.